The summed E-state index contributed by atoms with van der Waals surface area (Å²) in [6.45, 7) is 10.0. The molecule has 0 aromatic heterocycles. The molecule has 2 amide bonds. The van der Waals surface area contributed by atoms with E-state index in [1.807, 2.05) is 20.8 Å². The summed E-state index contributed by atoms with van der Waals surface area (Å²) in [5.74, 6) is -1.80. The van der Waals surface area contributed by atoms with Crippen LogP contribution in [-0.4, -0.2) is 34.5 Å². The van der Waals surface area contributed by atoms with E-state index in [1.54, 1.807) is 6.92 Å². The van der Waals surface area contributed by atoms with Gasteiger partial charge >= 0.3 is 5.97 Å². The molecule has 1 atom stereocenters. The fourth-order valence-corrected chi connectivity index (χ4v) is 1.31. The number of rotatable bonds is 5. The Bertz CT molecular complexity index is 369. The minimum atomic E-state index is -1.15. The predicted octanol–water partition coefficient (Wildman–Crippen LogP) is 0.907. The summed E-state index contributed by atoms with van der Waals surface area (Å²) in [6, 6.07) is -0.698. The molecular weight excluding hydrogens is 248 g/mol. The first-order valence-electron chi connectivity index (χ1n) is 6.20. The van der Waals surface area contributed by atoms with Crippen molar-refractivity contribution in [1.29, 1.82) is 0 Å². The Labute approximate surface area is 113 Å². The second-order valence-corrected chi connectivity index (χ2v) is 6.39. The van der Waals surface area contributed by atoms with Crippen LogP contribution in [0, 0.1) is 5.41 Å². The number of carboxylic acid groups (broad SMARTS) is 1. The Morgan fingerprint density at radius 2 is 1.58 bits per heavy atom. The summed E-state index contributed by atoms with van der Waals surface area (Å²) in [7, 11) is 0. The van der Waals surface area contributed by atoms with Crippen LogP contribution in [0.25, 0.3) is 0 Å². The molecule has 0 heterocycles. The highest BCUT2D eigenvalue weighted by atomic mass is 16.4. The third kappa shape index (κ3) is 6.79. The molecule has 0 spiro atoms. The van der Waals surface area contributed by atoms with Gasteiger partial charge in [0.25, 0.3) is 0 Å². The van der Waals surface area contributed by atoms with E-state index in [0.717, 1.165) is 0 Å². The fourth-order valence-electron chi connectivity index (χ4n) is 1.31. The zero-order chi connectivity index (χ0) is 15.4. The van der Waals surface area contributed by atoms with E-state index < -0.39 is 23.3 Å². The van der Waals surface area contributed by atoms with Crippen molar-refractivity contribution in [2.24, 2.45) is 5.41 Å². The predicted molar refractivity (Wildman–Crippen MR) is 71.5 cm³/mol. The lowest BCUT2D eigenvalue weighted by Crippen LogP contribution is -2.51. The molecule has 0 bridgehead atoms. The third-order valence-corrected chi connectivity index (χ3v) is 2.45. The number of nitrogens with one attached hydrogen (secondary N) is 2. The van der Waals surface area contributed by atoms with Gasteiger partial charge in [0.1, 0.15) is 6.04 Å². The lowest BCUT2D eigenvalue weighted by atomic mass is 9.89. The van der Waals surface area contributed by atoms with Crippen LogP contribution < -0.4 is 10.6 Å². The molecule has 0 aliphatic heterocycles. The van der Waals surface area contributed by atoms with Gasteiger partial charge in [0.15, 0.2) is 0 Å². The Morgan fingerprint density at radius 1 is 1.11 bits per heavy atom. The maximum atomic E-state index is 11.8. The molecule has 0 aromatic carbocycles. The molecule has 3 N–H and O–H groups in total. The van der Waals surface area contributed by atoms with Crippen LogP contribution in [0.5, 0.6) is 0 Å². The van der Waals surface area contributed by atoms with Gasteiger partial charge in [-0.3, -0.25) is 14.4 Å². The van der Waals surface area contributed by atoms with Crippen molar-refractivity contribution >= 4 is 17.8 Å². The van der Waals surface area contributed by atoms with Gasteiger partial charge in [0, 0.05) is 12.0 Å². The molecule has 6 nitrogen and oxygen atoms in total. The molecule has 1 unspecified atom stereocenters. The largest absolute Gasteiger partial charge is 0.481 e. The van der Waals surface area contributed by atoms with E-state index in [-0.39, 0.29) is 17.9 Å². The zero-order valence-electron chi connectivity index (χ0n) is 12.5. The molecule has 0 fully saturated rings. The highest BCUT2D eigenvalue weighted by Crippen LogP contribution is 2.20. The van der Waals surface area contributed by atoms with Gasteiger partial charge in [-0.2, -0.15) is 0 Å². The standard InChI is InChI=1S/C13H24N2O4/c1-8(10(17)15-12(2,3)4)14-9(16)7-13(5,6)11(18)19/h8H,7H2,1-6H3,(H,14,16)(H,15,17)(H,18,19). The average molecular weight is 272 g/mol. The van der Waals surface area contributed by atoms with Crippen molar-refractivity contribution in [3.63, 3.8) is 0 Å². The number of carbonyl (C=O) groups is 3. The second kappa shape index (κ2) is 6.04. The van der Waals surface area contributed by atoms with E-state index >= 15 is 0 Å². The first kappa shape index (κ1) is 17.4. The van der Waals surface area contributed by atoms with Crippen molar-refractivity contribution in [1.82, 2.24) is 10.6 Å². The molecule has 0 aliphatic rings. The summed E-state index contributed by atoms with van der Waals surface area (Å²) < 4.78 is 0. The minimum Gasteiger partial charge on any atom is -0.481 e. The SMILES string of the molecule is CC(NC(=O)CC(C)(C)C(=O)O)C(=O)NC(C)(C)C. The fraction of sp³-hybridized carbons (Fsp3) is 0.769. The molecule has 0 rings (SSSR count). The van der Waals surface area contributed by atoms with E-state index in [2.05, 4.69) is 10.6 Å². The Kier molecular flexibility index (Phi) is 5.53. The third-order valence-electron chi connectivity index (χ3n) is 2.45. The number of amides is 2. The van der Waals surface area contributed by atoms with Gasteiger partial charge in [-0.25, -0.2) is 0 Å². The lowest BCUT2D eigenvalue weighted by Gasteiger charge is -2.24. The van der Waals surface area contributed by atoms with Crippen molar-refractivity contribution in [3.05, 3.63) is 0 Å². The van der Waals surface area contributed by atoms with Crippen LogP contribution in [0.3, 0.4) is 0 Å². The second-order valence-electron chi connectivity index (χ2n) is 6.39. The number of aliphatic carboxylic acids is 1. The summed E-state index contributed by atoms with van der Waals surface area (Å²) in [5, 5.41) is 14.2. The molecule has 19 heavy (non-hydrogen) atoms. The summed E-state index contributed by atoms with van der Waals surface area (Å²) in [5.41, 5.74) is -1.53. The van der Waals surface area contributed by atoms with Crippen LogP contribution in [0.4, 0.5) is 0 Å². The molecule has 0 saturated carbocycles. The van der Waals surface area contributed by atoms with Crippen LogP contribution in [-0.2, 0) is 14.4 Å². The normalized spacial score (nSPS) is 13.6. The maximum absolute atomic E-state index is 11.8. The smallest absolute Gasteiger partial charge is 0.309 e. The molecule has 0 radical (unpaired) electrons. The van der Waals surface area contributed by atoms with Gasteiger partial charge in [0.2, 0.25) is 11.8 Å². The van der Waals surface area contributed by atoms with E-state index in [4.69, 9.17) is 5.11 Å². The summed E-state index contributed by atoms with van der Waals surface area (Å²) in [6.07, 6.45) is -0.171. The average Bonchev–Trinajstić information content (AvgIpc) is 2.12. The first-order valence-corrected chi connectivity index (χ1v) is 6.20. The number of carbonyl (C=O) groups excluding carboxylic acids is 2. The number of hydrogen-bond donors (Lipinski definition) is 3. The van der Waals surface area contributed by atoms with Crippen LogP contribution >= 0.6 is 0 Å². The van der Waals surface area contributed by atoms with E-state index in [0.29, 0.717) is 0 Å². The van der Waals surface area contributed by atoms with E-state index in [1.165, 1.54) is 13.8 Å². The van der Waals surface area contributed by atoms with Gasteiger partial charge in [-0.05, 0) is 41.5 Å². The van der Waals surface area contributed by atoms with Crippen LogP contribution in [0.2, 0.25) is 0 Å². The van der Waals surface area contributed by atoms with Crippen molar-refractivity contribution in [3.8, 4) is 0 Å². The highest BCUT2D eigenvalue weighted by molar-refractivity contribution is 5.89. The van der Waals surface area contributed by atoms with Gasteiger partial charge < -0.3 is 15.7 Å². The molecule has 110 valence electrons. The van der Waals surface area contributed by atoms with Crippen LogP contribution in [0.1, 0.15) is 48.0 Å². The highest BCUT2D eigenvalue weighted by Gasteiger charge is 2.31. The first-order chi connectivity index (χ1) is 8.35. The molecular formula is C13H24N2O4. The summed E-state index contributed by atoms with van der Waals surface area (Å²) >= 11 is 0. The quantitative estimate of drug-likeness (QED) is 0.693. The van der Waals surface area contributed by atoms with E-state index in [9.17, 15) is 14.4 Å². The van der Waals surface area contributed by atoms with Crippen molar-refractivity contribution < 1.29 is 19.5 Å². The van der Waals surface area contributed by atoms with Gasteiger partial charge in [0.05, 0.1) is 5.41 Å². The molecule has 0 aromatic rings. The summed E-state index contributed by atoms with van der Waals surface area (Å²) in [4.78, 5) is 34.3. The molecule has 0 saturated heterocycles. The van der Waals surface area contributed by atoms with Gasteiger partial charge in [-0.15, -0.1) is 0 Å². The molecule has 0 aliphatic carbocycles. The topological polar surface area (TPSA) is 95.5 Å². The van der Waals surface area contributed by atoms with Gasteiger partial charge in [-0.1, -0.05) is 0 Å². The Balaban J connectivity index is 4.42. The molecule has 6 heteroatoms. The number of carboxylic acids is 1. The Morgan fingerprint density at radius 3 is 1.95 bits per heavy atom. The van der Waals surface area contributed by atoms with Crippen LogP contribution in [0.15, 0.2) is 0 Å². The lowest BCUT2D eigenvalue weighted by molar-refractivity contribution is -0.149. The van der Waals surface area contributed by atoms with Crippen molar-refractivity contribution in [2.75, 3.05) is 0 Å². The maximum Gasteiger partial charge on any atom is 0.309 e. The number of hydrogen-bond acceptors (Lipinski definition) is 3. The minimum absolute atomic E-state index is 0.171. The monoisotopic (exact) mass is 272 g/mol. The van der Waals surface area contributed by atoms with Crippen molar-refractivity contribution in [2.45, 2.75) is 59.5 Å². The zero-order valence-corrected chi connectivity index (χ0v) is 12.5. The Hall–Kier alpha value is -1.59.